The summed E-state index contributed by atoms with van der Waals surface area (Å²) in [6, 6.07) is 13.4. The summed E-state index contributed by atoms with van der Waals surface area (Å²) in [5, 5.41) is 11.2. The van der Waals surface area contributed by atoms with E-state index in [0.29, 0.717) is 22.5 Å². The molecular formula is C22H24N4O4S3. The third-order valence-corrected chi connectivity index (χ3v) is 8.98. The smallest absolute Gasteiger partial charge is 0.269 e. The normalized spacial score (nSPS) is 15.8. The number of fused-ring (bicyclic) bond motifs is 1. The number of nitrogens with one attached hydrogen (secondary N) is 1. The fourth-order valence-electron chi connectivity index (χ4n) is 3.19. The summed E-state index contributed by atoms with van der Waals surface area (Å²) in [7, 11) is -3.89. The Labute approximate surface area is 201 Å². The molecule has 1 aromatic heterocycles. The lowest BCUT2D eigenvalue weighted by Crippen LogP contribution is -2.48. The molecule has 0 saturated carbocycles. The molecule has 174 valence electrons. The summed E-state index contributed by atoms with van der Waals surface area (Å²) in [5.74, 6) is 1.27. The van der Waals surface area contributed by atoms with Crippen LogP contribution in [0, 0.1) is 12.8 Å². The molecule has 0 radical (unpaired) electrons. The first-order valence-electron chi connectivity index (χ1n) is 10.4. The highest BCUT2D eigenvalue weighted by molar-refractivity contribution is 8.01. The largest absolute Gasteiger partial charge is 0.476 e. The second-order valence-corrected chi connectivity index (χ2v) is 12.1. The average Bonchev–Trinajstić information content (AvgIpc) is 3.24. The Kier molecular flexibility index (Phi) is 6.91. The molecule has 0 saturated heterocycles. The fourth-order valence-corrected chi connectivity index (χ4v) is 6.42. The monoisotopic (exact) mass is 504 g/mol. The molecule has 2 heterocycles. The number of nitrogens with zero attached hydrogens (tertiary/aromatic N) is 3. The van der Waals surface area contributed by atoms with Crippen molar-refractivity contribution in [1.29, 1.82) is 0 Å². The van der Waals surface area contributed by atoms with E-state index in [0.717, 1.165) is 15.7 Å². The van der Waals surface area contributed by atoms with Crippen LogP contribution in [0.5, 0.6) is 5.75 Å². The summed E-state index contributed by atoms with van der Waals surface area (Å²) in [6.45, 7) is 5.95. The maximum Gasteiger partial charge on any atom is 0.269 e. The van der Waals surface area contributed by atoms with Crippen LogP contribution in [0.25, 0.3) is 0 Å². The third kappa shape index (κ3) is 5.31. The highest BCUT2D eigenvalue weighted by atomic mass is 32.2. The predicted molar refractivity (Wildman–Crippen MR) is 131 cm³/mol. The topological polar surface area (TPSA) is 101 Å². The minimum absolute atomic E-state index is 0.147. The van der Waals surface area contributed by atoms with E-state index in [1.54, 1.807) is 42.1 Å². The van der Waals surface area contributed by atoms with Crippen molar-refractivity contribution in [3.05, 3.63) is 54.1 Å². The molecule has 2 aromatic carbocycles. The number of hydrogen-bond donors (Lipinski definition) is 1. The molecule has 0 spiro atoms. The molecule has 1 amide bonds. The highest BCUT2D eigenvalue weighted by Crippen LogP contribution is 2.38. The zero-order valence-corrected chi connectivity index (χ0v) is 20.8. The van der Waals surface area contributed by atoms with Crippen LogP contribution in [-0.2, 0) is 14.8 Å². The van der Waals surface area contributed by atoms with Crippen molar-refractivity contribution in [2.75, 3.05) is 21.9 Å². The number of benzene rings is 2. The van der Waals surface area contributed by atoms with Crippen molar-refractivity contribution >= 4 is 49.8 Å². The second kappa shape index (κ2) is 9.70. The van der Waals surface area contributed by atoms with Crippen molar-refractivity contribution < 1.29 is 17.9 Å². The maximum atomic E-state index is 13.4. The lowest BCUT2D eigenvalue weighted by molar-refractivity contribution is -0.122. The van der Waals surface area contributed by atoms with Crippen LogP contribution in [0.4, 0.5) is 10.8 Å². The van der Waals surface area contributed by atoms with E-state index in [1.807, 2.05) is 13.0 Å². The maximum absolute atomic E-state index is 13.4. The Morgan fingerprint density at radius 3 is 2.73 bits per heavy atom. The molecule has 0 bridgehead atoms. The van der Waals surface area contributed by atoms with Gasteiger partial charge in [0.05, 0.1) is 17.1 Å². The molecule has 11 heteroatoms. The minimum atomic E-state index is -3.89. The number of amides is 1. The van der Waals surface area contributed by atoms with Gasteiger partial charge in [0, 0.05) is 5.75 Å². The minimum Gasteiger partial charge on any atom is -0.476 e. The predicted octanol–water partition coefficient (Wildman–Crippen LogP) is 4.19. The molecule has 0 fully saturated rings. The van der Waals surface area contributed by atoms with E-state index in [4.69, 9.17) is 4.74 Å². The van der Waals surface area contributed by atoms with Crippen molar-refractivity contribution in [2.24, 2.45) is 5.92 Å². The van der Waals surface area contributed by atoms with E-state index in [-0.39, 0.29) is 11.4 Å². The number of thioether (sulfide) groups is 1. The highest BCUT2D eigenvalue weighted by Gasteiger charge is 2.38. The van der Waals surface area contributed by atoms with Gasteiger partial charge in [-0.3, -0.25) is 14.4 Å². The van der Waals surface area contributed by atoms with Gasteiger partial charge in [-0.25, -0.2) is 8.42 Å². The molecule has 1 atom stereocenters. The SMILES string of the molecule is Cc1ccc2c(c1)O[C@H](C(=O)Nc1nnc(SCC(C)C)s1)CN2S(=O)(=O)c1ccccc1. The van der Waals surface area contributed by atoms with Crippen molar-refractivity contribution in [1.82, 2.24) is 10.2 Å². The van der Waals surface area contributed by atoms with Gasteiger partial charge in [0.1, 0.15) is 5.75 Å². The molecular weight excluding hydrogens is 480 g/mol. The number of carbonyl (C=O) groups excluding carboxylic acids is 1. The number of aryl methyl sites for hydroxylation is 1. The standard InChI is InChI=1S/C22H24N4O4S3/c1-14(2)13-31-22-25-24-21(32-22)23-20(27)19-12-26(17-10-9-15(3)11-18(17)30-19)33(28,29)16-7-5-4-6-8-16/h4-11,14,19H,12-13H2,1-3H3,(H,23,24,27)/t19-/m0/s1. The first-order valence-corrected chi connectivity index (χ1v) is 13.6. The summed E-state index contributed by atoms with van der Waals surface area (Å²) >= 11 is 2.86. The Morgan fingerprint density at radius 1 is 1.24 bits per heavy atom. The molecule has 1 aliphatic heterocycles. The lowest BCUT2D eigenvalue weighted by atomic mass is 10.1. The van der Waals surface area contributed by atoms with Gasteiger partial charge < -0.3 is 4.74 Å². The average molecular weight is 505 g/mol. The Balaban J connectivity index is 1.58. The van der Waals surface area contributed by atoms with E-state index in [9.17, 15) is 13.2 Å². The van der Waals surface area contributed by atoms with Gasteiger partial charge in [0.2, 0.25) is 5.13 Å². The fraction of sp³-hybridized carbons (Fsp3) is 0.318. The Morgan fingerprint density at radius 2 is 2.00 bits per heavy atom. The molecule has 1 N–H and O–H groups in total. The number of sulfonamides is 1. The van der Waals surface area contributed by atoms with Crippen LogP contribution in [0.15, 0.2) is 57.8 Å². The molecule has 4 rings (SSSR count). The van der Waals surface area contributed by atoms with E-state index in [1.165, 1.54) is 27.8 Å². The molecule has 33 heavy (non-hydrogen) atoms. The van der Waals surface area contributed by atoms with Crippen molar-refractivity contribution in [3.8, 4) is 5.75 Å². The zero-order chi connectivity index (χ0) is 23.6. The van der Waals surface area contributed by atoms with Gasteiger partial charge in [0.25, 0.3) is 15.9 Å². The van der Waals surface area contributed by atoms with Crippen molar-refractivity contribution in [3.63, 3.8) is 0 Å². The number of rotatable bonds is 7. The number of anilines is 2. The summed E-state index contributed by atoms with van der Waals surface area (Å²) in [4.78, 5) is 13.2. The van der Waals surface area contributed by atoms with Crippen LogP contribution in [-0.4, -0.2) is 42.9 Å². The van der Waals surface area contributed by atoms with Gasteiger partial charge >= 0.3 is 0 Å². The lowest BCUT2D eigenvalue weighted by Gasteiger charge is -2.34. The van der Waals surface area contributed by atoms with Crippen LogP contribution >= 0.6 is 23.1 Å². The molecule has 1 aliphatic rings. The summed E-state index contributed by atoms with van der Waals surface area (Å²) < 4.78 is 34.7. The number of carbonyl (C=O) groups is 1. The van der Waals surface area contributed by atoms with Gasteiger partial charge in [0.15, 0.2) is 10.4 Å². The molecule has 0 unspecified atom stereocenters. The first-order chi connectivity index (χ1) is 15.7. The van der Waals surface area contributed by atoms with Gasteiger partial charge in [-0.2, -0.15) is 0 Å². The second-order valence-electron chi connectivity index (χ2n) is 7.99. The van der Waals surface area contributed by atoms with Crippen LogP contribution in [0.1, 0.15) is 19.4 Å². The van der Waals surface area contributed by atoms with E-state index >= 15 is 0 Å². The first kappa shape index (κ1) is 23.5. The van der Waals surface area contributed by atoms with Gasteiger partial charge in [-0.05, 0) is 42.7 Å². The van der Waals surface area contributed by atoms with E-state index in [2.05, 4.69) is 29.4 Å². The van der Waals surface area contributed by atoms with Crippen LogP contribution in [0.2, 0.25) is 0 Å². The van der Waals surface area contributed by atoms with E-state index < -0.39 is 22.0 Å². The van der Waals surface area contributed by atoms with Crippen LogP contribution < -0.4 is 14.4 Å². The molecule has 3 aromatic rings. The summed E-state index contributed by atoms with van der Waals surface area (Å²) in [5.41, 5.74) is 1.29. The summed E-state index contributed by atoms with van der Waals surface area (Å²) in [6.07, 6.45) is -1.05. The number of aromatic nitrogens is 2. The quantitative estimate of drug-likeness (QED) is 0.380. The number of hydrogen-bond acceptors (Lipinski definition) is 8. The third-order valence-electron chi connectivity index (χ3n) is 4.79. The Bertz CT molecular complexity index is 1250. The molecule has 0 aliphatic carbocycles. The van der Waals surface area contributed by atoms with Gasteiger partial charge in [-0.15, -0.1) is 10.2 Å². The Hall–Kier alpha value is -2.63. The number of ether oxygens (including phenoxy) is 1. The van der Waals surface area contributed by atoms with Crippen molar-refractivity contribution in [2.45, 2.75) is 36.1 Å². The van der Waals surface area contributed by atoms with Gasteiger partial charge in [-0.1, -0.05) is 61.2 Å². The van der Waals surface area contributed by atoms with Crippen LogP contribution in [0.3, 0.4) is 0 Å². The zero-order valence-electron chi connectivity index (χ0n) is 18.4. The molecule has 8 nitrogen and oxygen atoms in total.